The van der Waals surface area contributed by atoms with Crippen LogP contribution in [0.1, 0.15) is 19.4 Å². The van der Waals surface area contributed by atoms with Gasteiger partial charge in [0.05, 0.1) is 13.2 Å². The zero-order chi connectivity index (χ0) is 21.2. The predicted molar refractivity (Wildman–Crippen MR) is 105 cm³/mol. The second-order valence-corrected chi connectivity index (χ2v) is 7.34. The number of hydrogen-bond donors (Lipinski definition) is 1. The maximum atomic E-state index is 11.0. The lowest BCUT2D eigenvalue weighted by molar-refractivity contribution is -0.318. The molecule has 1 aliphatic rings. The van der Waals surface area contributed by atoms with Crippen molar-refractivity contribution >= 4 is 5.97 Å². The molecule has 0 saturated carbocycles. The topological polar surface area (TPSA) is 92.7 Å². The first kappa shape index (κ1) is 23.7. The van der Waals surface area contributed by atoms with Gasteiger partial charge in [-0.15, -0.1) is 0 Å². The highest BCUT2D eigenvalue weighted by Crippen LogP contribution is 2.29. The molecule has 0 amide bonds. The van der Waals surface area contributed by atoms with E-state index in [0.717, 1.165) is 5.56 Å². The molecule has 1 fully saturated rings. The van der Waals surface area contributed by atoms with E-state index in [1.807, 2.05) is 30.3 Å². The molecule has 5 atom stereocenters. The second-order valence-electron chi connectivity index (χ2n) is 7.34. The summed E-state index contributed by atoms with van der Waals surface area (Å²) in [7, 11) is 3.13. The molecule has 8 heteroatoms. The number of carbonyl (C=O) groups is 1. The summed E-state index contributed by atoms with van der Waals surface area (Å²) in [5.41, 5.74) is 0.968. The Kier molecular flexibility index (Phi) is 9.99. The Morgan fingerprint density at radius 1 is 1.07 bits per heavy atom. The van der Waals surface area contributed by atoms with E-state index < -0.39 is 43.3 Å². The summed E-state index contributed by atoms with van der Waals surface area (Å²) in [5, 5.41) is 9.03. The highest BCUT2D eigenvalue weighted by atomic mass is 16.7. The minimum absolute atomic E-state index is 0.273. The van der Waals surface area contributed by atoms with Crippen molar-refractivity contribution in [3.63, 3.8) is 0 Å². The molecule has 164 valence electrons. The van der Waals surface area contributed by atoms with E-state index in [9.17, 15) is 4.79 Å². The predicted octanol–water partition coefficient (Wildman–Crippen LogP) is 2.10. The molecule has 3 unspecified atom stereocenters. The molecule has 1 heterocycles. The fourth-order valence-electron chi connectivity index (χ4n) is 3.22. The van der Waals surface area contributed by atoms with Gasteiger partial charge in [-0.2, -0.15) is 0 Å². The molecule has 1 N–H and O–H groups in total. The molecule has 1 aromatic rings. The first-order valence-corrected chi connectivity index (χ1v) is 9.74. The lowest BCUT2D eigenvalue weighted by Gasteiger charge is -2.44. The monoisotopic (exact) mass is 412 g/mol. The Morgan fingerprint density at radius 3 is 2.34 bits per heavy atom. The molecule has 0 radical (unpaired) electrons. The number of aliphatic carboxylic acids is 1. The van der Waals surface area contributed by atoms with E-state index in [4.69, 9.17) is 33.5 Å². The van der Waals surface area contributed by atoms with Crippen molar-refractivity contribution in [2.45, 2.75) is 51.2 Å². The molecule has 1 saturated heterocycles. The molecular weight excluding hydrogens is 380 g/mol. The van der Waals surface area contributed by atoms with Crippen LogP contribution in [0.25, 0.3) is 0 Å². The highest BCUT2D eigenvalue weighted by Gasteiger charge is 2.48. The molecule has 1 aromatic carbocycles. The number of carboxylic acid groups (broad SMARTS) is 1. The van der Waals surface area contributed by atoms with Crippen molar-refractivity contribution in [3.05, 3.63) is 35.9 Å². The molecule has 0 bridgehead atoms. The van der Waals surface area contributed by atoms with Gasteiger partial charge in [-0.05, 0) is 11.5 Å². The molecule has 1 aliphatic heterocycles. The van der Waals surface area contributed by atoms with E-state index in [1.54, 1.807) is 14.2 Å². The molecule has 0 spiro atoms. The maximum Gasteiger partial charge on any atom is 0.329 e. The minimum atomic E-state index is -1.09. The molecule has 29 heavy (non-hydrogen) atoms. The van der Waals surface area contributed by atoms with E-state index in [2.05, 4.69) is 13.8 Å². The summed E-state index contributed by atoms with van der Waals surface area (Å²) in [5.74, 6) is -0.718. The van der Waals surface area contributed by atoms with Gasteiger partial charge in [0, 0.05) is 20.8 Å². The van der Waals surface area contributed by atoms with Gasteiger partial charge in [0.25, 0.3) is 0 Å². The van der Waals surface area contributed by atoms with Crippen LogP contribution in [0, 0.1) is 5.92 Å². The Hall–Kier alpha value is -1.55. The van der Waals surface area contributed by atoms with Crippen LogP contribution in [0.5, 0.6) is 0 Å². The maximum absolute atomic E-state index is 11.0. The van der Waals surface area contributed by atoms with Crippen LogP contribution in [-0.2, 0) is 39.8 Å². The summed E-state index contributed by atoms with van der Waals surface area (Å²) in [6.45, 7) is 4.74. The third-order valence-electron chi connectivity index (χ3n) is 4.53. The van der Waals surface area contributed by atoms with Crippen LogP contribution in [0.4, 0.5) is 0 Å². The van der Waals surface area contributed by atoms with Gasteiger partial charge in [0.1, 0.15) is 31.0 Å². The number of carboxylic acids is 1. The van der Waals surface area contributed by atoms with Crippen molar-refractivity contribution in [2.24, 2.45) is 5.92 Å². The van der Waals surface area contributed by atoms with E-state index in [1.165, 1.54) is 0 Å². The normalized spacial score (nSPS) is 27.3. The Morgan fingerprint density at radius 2 is 1.76 bits per heavy atom. The van der Waals surface area contributed by atoms with Crippen LogP contribution < -0.4 is 0 Å². The molecular formula is C21H32O8. The zero-order valence-electron chi connectivity index (χ0n) is 17.5. The second kappa shape index (κ2) is 12.2. The summed E-state index contributed by atoms with van der Waals surface area (Å²) in [6.07, 6.45) is -3.08. The first-order valence-electron chi connectivity index (χ1n) is 9.74. The quantitative estimate of drug-likeness (QED) is 0.558. The van der Waals surface area contributed by atoms with Gasteiger partial charge >= 0.3 is 5.97 Å². The largest absolute Gasteiger partial charge is 0.480 e. The van der Waals surface area contributed by atoms with Gasteiger partial charge in [-0.3, -0.25) is 0 Å². The zero-order valence-corrected chi connectivity index (χ0v) is 17.5. The molecule has 2 rings (SSSR count). The molecule has 0 aromatic heterocycles. The van der Waals surface area contributed by atoms with Crippen LogP contribution in [0.2, 0.25) is 0 Å². The van der Waals surface area contributed by atoms with Gasteiger partial charge in [0.2, 0.25) is 0 Å². The summed E-state index contributed by atoms with van der Waals surface area (Å²) >= 11 is 0. The number of hydrogen-bond acceptors (Lipinski definition) is 7. The number of ether oxygens (including phenoxy) is 6. The fourth-order valence-corrected chi connectivity index (χ4v) is 3.22. The number of methoxy groups -OCH3 is 2. The number of rotatable bonds is 12. The lowest BCUT2D eigenvalue weighted by atomic mass is 9.98. The van der Waals surface area contributed by atoms with E-state index >= 15 is 0 Å². The van der Waals surface area contributed by atoms with Crippen molar-refractivity contribution in [1.29, 1.82) is 0 Å². The smallest absolute Gasteiger partial charge is 0.329 e. The standard InChI is InChI=1S/C21H32O8/c1-14(2)10-26-12-16-18(24-3)19(25-4)20(21(29-16)28-13-17(22)23)27-11-15-8-6-5-7-9-15/h5-9,14,16,18-21H,10-13H2,1-4H3,(H,22,23)/t16?,18?,19-,20?,21+/m0/s1. The Balaban J connectivity index is 2.14. The Bertz CT molecular complexity index is 594. The summed E-state index contributed by atoms with van der Waals surface area (Å²) < 4.78 is 34.6. The fraction of sp³-hybridized carbons (Fsp3) is 0.667. The van der Waals surface area contributed by atoms with Gasteiger partial charge in [-0.1, -0.05) is 44.2 Å². The average Bonchev–Trinajstić information content (AvgIpc) is 2.70. The van der Waals surface area contributed by atoms with Crippen LogP contribution in [0.15, 0.2) is 30.3 Å². The summed E-state index contributed by atoms with van der Waals surface area (Å²) in [4.78, 5) is 11.0. The van der Waals surface area contributed by atoms with Crippen molar-refractivity contribution < 1.29 is 38.3 Å². The Labute approximate surface area is 172 Å². The third kappa shape index (κ3) is 7.33. The van der Waals surface area contributed by atoms with Crippen LogP contribution in [0.3, 0.4) is 0 Å². The van der Waals surface area contributed by atoms with Gasteiger partial charge in [-0.25, -0.2) is 4.79 Å². The van der Waals surface area contributed by atoms with Crippen molar-refractivity contribution in [1.82, 2.24) is 0 Å². The molecule has 0 aliphatic carbocycles. The first-order chi connectivity index (χ1) is 14.0. The van der Waals surface area contributed by atoms with Crippen LogP contribution in [-0.4, -0.2) is 75.8 Å². The third-order valence-corrected chi connectivity index (χ3v) is 4.53. The highest BCUT2D eigenvalue weighted by molar-refractivity contribution is 5.68. The van der Waals surface area contributed by atoms with Crippen molar-refractivity contribution in [2.75, 3.05) is 34.0 Å². The van der Waals surface area contributed by atoms with Gasteiger partial charge in [0.15, 0.2) is 6.29 Å². The van der Waals surface area contributed by atoms with E-state index in [-0.39, 0.29) is 6.61 Å². The minimum Gasteiger partial charge on any atom is -0.480 e. The van der Waals surface area contributed by atoms with Crippen molar-refractivity contribution in [3.8, 4) is 0 Å². The molecule has 8 nitrogen and oxygen atoms in total. The van der Waals surface area contributed by atoms with E-state index in [0.29, 0.717) is 19.1 Å². The average molecular weight is 412 g/mol. The SMILES string of the molecule is COC1C(COCC(C)C)O[C@@H](OCC(=O)O)C(OCc2ccccc2)[C@H]1OC. The lowest BCUT2D eigenvalue weighted by Crippen LogP contribution is -2.61. The van der Waals surface area contributed by atoms with Gasteiger partial charge < -0.3 is 33.5 Å². The van der Waals surface area contributed by atoms with Crippen LogP contribution >= 0.6 is 0 Å². The summed E-state index contributed by atoms with van der Waals surface area (Å²) in [6, 6.07) is 9.64. The number of benzene rings is 1.